The van der Waals surface area contributed by atoms with Gasteiger partial charge in [-0.25, -0.2) is 4.39 Å². The lowest BCUT2D eigenvalue weighted by Crippen LogP contribution is -2.42. The SMILES string of the molecule is CCC(CC)N(CCO)C(=O)c1cc(S)ccc1F. The van der Waals surface area contributed by atoms with Gasteiger partial charge in [-0.3, -0.25) is 4.79 Å². The minimum absolute atomic E-state index is 0.00243. The van der Waals surface area contributed by atoms with Crippen LogP contribution in [-0.4, -0.2) is 35.1 Å². The Hall–Kier alpha value is -1.07. The van der Waals surface area contributed by atoms with Gasteiger partial charge in [0.1, 0.15) is 5.82 Å². The van der Waals surface area contributed by atoms with Gasteiger partial charge in [0.15, 0.2) is 0 Å². The number of halogens is 1. The van der Waals surface area contributed by atoms with Crippen molar-refractivity contribution in [3.63, 3.8) is 0 Å². The van der Waals surface area contributed by atoms with Crippen molar-refractivity contribution in [1.29, 1.82) is 0 Å². The zero-order chi connectivity index (χ0) is 14.4. The van der Waals surface area contributed by atoms with Crippen molar-refractivity contribution in [1.82, 2.24) is 4.90 Å². The maximum Gasteiger partial charge on any atom is 0.257 e. The van der Waals surface area contributed by atoms with Gasteiger partial charge < -0.3 is 10.0 Å². The van der Waals surface area contributed by atoms with E-state index in [0.29, 0.717) is 4.90 Å². The van der Waals surface area contributed by atoms with Gasteiger partial charge in [-0.1, -0.05) is 13.8 Å². The molecule has 1 N–H and O–H groups in total. The number of benzene rings is 1. The van der Waals surface area contributed by atoms with Crippen molar-refractivity contribution in [2.24, 2.45) is 0 Å². The van der Waals surface area contributed by atoms with Crippen molar-refractivity contribution in [2.75, 3.05) is 13.2 Å². The van der Waals surface area contributed by atoms with Crippen molar-refractivity contribution in [3.8, 4) is 0 Å². The molecule has 1 amide bonds. The van der Waals surface area contributed by atoms with Crippen molar-refractivity contribution in [3.05, 3.63) is 29.6 Å². The Kier molecular flexibility index (Phi) is 6.31. The summed E-state index contributed by atoms with van der Waals surface area (Å²) in [6, 6.07) is 4.16. The molecule has 1 rings (SSSR count). The van der Waals surface area contributed by atoms with E-state index >= 15 is 0 Å². The maximum absolute atomic E-state index is 13.7. The maximum atomic E-state index is 13.7. The number of aliphatic hydroxyl groups is 1. The molecule has 0 aliphatic rings. The largest absolute Gasteiger partial charge is 0.395 e. The first-order valence-corrected chi connectivity index (χ1v) is 6.90. The highest BCUT2D eigenvalue weighted by Crippen LogP contribution is 2.18. The smallest absolute Gasteiger partial charge is 0.257 e. The molecule has 0 radical (unpaired) electrons. The van der Waals surface area contributed by atoms with Crippen molar-refractivity contribution < 1.29 is 14.3 Å². The molecule has 0 bridgehead atoms. The van der Waals surface area contributed by atoms with Crippen LogP contribution in [-0.2, 0) is 0 Å². The fourth-order valence-corrected chi connectivity index (χ4v) is 2.32. The highest BCUT2D eigenvalue weighted by molar-refractivity contribution is 7.80. The van der Waals surface area contributed by atoms with Gasteiger partial charge in [0.05, 0.1) is 12.2 Å². The van der Waals surface area contributed by atoms with E-state index in [9.17, 15) is 9.18 Å². The highest BCUT2D eigenvalue weighted by atomic mass is 32.1. The Morgan fingerprint density at radius 2 is 2.05 bits per heavy atom. The minimum atomic E-state index is -0.559. The van der Waals surface area contributed by atoms with E-state index < -0.39 is 11.7 Å². The first-order chi connectivity index (χ1) is 9.04. The van der Waals surface area contributed by atoms with E-state index in [2.05, 4.69) is 12.6 Å². The highest BCUT2D eigenvalue weighted by Gasteiger charge is 2.24. The second-order valence-electron chi connectivity index (χ2n) is 4.36. The van der Waals surface area contributed by atoms with Gasteiger partial charge in [0.2, 0.25) is 0 Å². The number of amides is 1. The molecule has 0 aliphatic heterocycles. The summed E-state index contributed by atoms with van der Waals surface area (Å²) in [4.78, 5) is 14.5. The summed E-state index contributed by atoms with van der Waals surface area (Å²) >= 11 is 4.13. The predicted molar refractivity (Wildman–Crippen MR) is 76.1 cm³/mol. The number of aliphatic hydroxyl groups excluding tert-OH is 1. The monoisotopic (exact) mass is 285 g/mol. The van der Waals surface area contributed by atoms with Gasteiger partial charge >= 0.3 is 0 Å². The normalized spacial score (nSPS) is 10.8. The van der Waals surface area contributed by atoms with Crippen LogP contribution in [0.25, 0.3) is 0 Å². The quantitative estimate of drug-likeness (QED) is 0.789. The average Bonchev–Trinajstić information content (AvgIpc) is 2.41. The molecule has 0 unspecified atom stereocenters. The second-order valence-corrected chi connectivity index (χ2v) is 4.87. The van der Waals surface area contributed by atoms with E-state index in [1.54, 1.807) is 0 Å². The number of nitrogens with zero attached hydrogens (tertiary/aromatic N) is 1. The molecule has 3 nitrogen and oxygen atoms in total. The first kappa shape index (κ1) is 16.0. The number of rotatable bonds is 6. The van der Waals surface area contributed by atoms with Gasteiger partial charge in [0, 0.05) is 17.5 Å². The lowest BCUT2D eigenvalue weighted by atomic mass is 10.1. The molecule has 0 saturated carbocycles. The Morgan fingerprint density at radius 1 is 1.42 bits per heavy atom. The molecule has 0 aromatic heterocycles. The molecule has 0 aliphatic carbocycles. The van der Waals surface area contributed by atoms with Gasteiger partial charge in [-0.2, -0.15) is 0 Å². The topological polar surface area (TPSA) is 40.5 Å². The summed E-state index contributed by atoms with van der Waals surface area (Å²) in [7, 11) is 0. The zero-order valence-corrected chi connectivity index (χ0v) is 12.2. The molecular weight excluding hydrogens is 265 g/mol. The van der Waals surface area contributed by atoms with Crippen LogP contribution < -0.4 is 0 Å². The van der Waals surface area contributed by atoms with Crippen LogP contribution in [0.4, 0.5) is 4.39 Å². The Morgan fingerprint density at radius 3 is 2.58 bits per heavy atom. The Bertz CT molecular complexity index is 435. The van der Waals surface area contributed by atoms with E-state index in [-0.39, 0.29) is 24.8 Å². The van der Waals surface area contributed by atoms with E-state index in [0.717, 1.165) is 12.8 Å². The number of hydrogen-bond donors (Lipinski definition) is 2. The Balaban J connectivity index is 3.08. The van der Waals surface area contributed by atoms with Gasteiger partial charge in [0.25, 0.3) is 5.91 Å². The fraction of sp³-hybridized carbons (Fsp3) is 0.500. The molecule has 0 heterocycles. The summed E-state index contributed by atoms with van der Waals surface area (Å²) in [6.07, 6.45) is 1.54. The third-order valence-corrected chi connectivity index (χ3v) is 3.44. The number of carbonyl (C=O) groups is 1. The standard InChI is InChI=1S/C14H20FNO2S/c1-3-10(4-2)16(7-8-17)14(18)12-9-11(19)5-6-13(12)15/h5-6,9-10,17,19H,3-4,7-8H2,1-2H3. The van der Waals surface area contributed by atoms with Crippen molar-refractivity contribution >= 4 is 18.5 Å². The van der Waals surface area contributed by atoms with E-state index in [1.807, 2.05) is 13.8 Å². The summed E-state index contributed by atoms with van der Waals surface area (Å²) < 4.78 is 13.7. The molecule has 0 atom stereocenters. The molecule has 1 aromatic rings. The molecular formula is C14H20FNO2S. The number of hydrogen-bond acceptors (Lipinski definition) is 3. The number of thiol groups is 1. The molecule has 106 valence electrons. The molecule has 0 fully saturated rings. The predicted octanol–water partition coefficient (Wildman–Crippen LogP) is 2.74. The van der Waals surface area contributed by atoms with E-state index in [1.165, 1.54) is 23.1 Å². The minimum Gasteiger partial charge on any atom is -0.395 e. The van der Waals surface area contributed by atoms with Crippen LogP contribution in [0.2, 0.25) is 0 Å². The van der Waals surface area contributed by atoms with Gasteiger partial charge in [-0.05, 0) is 31.0 Å². The zero-order valence-electron chi connectivity index (χ0n) is 11.3. The third kappa shape index (κ3) is 3.94. The summed E-state index contributed by atoms with van der Waals surface area (Å²) in [5, 5.41) is 9.09. The van der Waals surface area contributed by atoms with E-state index in [4.69, 9.17) is 5.11 Å². The fourth-order valence-electron chi connectivity index (χ4n) is 2.12. The lowest BCUT2D eigenvalue weighted by Gasteiger charge is -2.30. The molecule has 19 heavy (non-hydrogen) atoms. The molecule has 1 aromatic carbocycles. The first-order valence-electron chi connectivity index (χ1n) is 6.45. The van der Waals surface area contributed by atoms with Crippen LogP contribution in [0.5, 0.6) is 0 Å². The summed E-state index contributed by atoms with van der Waals surface area (Å²) in [6.45, 7) is 4.01. The van der Waals surface area contributed by atoms with Crippen LogP contribution in [0.15, 0.2) is 23.1 Å². The molecule has 5 heteroatoms. The van der Waals surface area contributed by atoms with Crippen LogP contribution in [0.1, 0.15) is 37.0 Å². The Labute approximate surface area is 118 Å². The van der Waals surface area contributed by atoms with Crippen LogP contribution >= 0.6 is 12.6 Å². The molecule has 0 spiro atoms. The van der Waals surface area contributed by atoms with Crippen LogP contribution in [0.3, 0.4) is 0 Å². The van der Waals surface area contributed by atoms with Crippen LogP contribution in [0, 0.1) is 5.82 Å². The summed E-state index contributed by atoms with van der Waals surface area (Å²) in [5.74, 6) is -0.951. The second kappa shape index (κ2) is 7.50. The van der Waals surface area contributed by atoms with Crippen molar-refractivity contribution in [2.45, 2.75) is 37.6 Å². The average molecular weight is 285 g/mol. The lowest BCUT2D eigenvalue weighted by molar-refractivity contribution is 0.0617. The number of carbonyl (C=O) groups excluding carboxylic acids is 1. The molecule has 0 saturated heterocycles. The third-order valence-electron chi connectivity index (χ3n) is 3.17. The van der Waals surface area contributed by atoms with Gasteiger partial charge in [-0.15, -0.1) is 12.6 Å². The summed E-state index contributed by atoms with van der Waals surface area (Å²) in [5.41, 5.74) is 0.00727.